The Morgan fingerprint density at radius 2 is 1.74 bits per heavy atom. The standard InChI is InChI=1S/C14H23NO4/c1-10-4-2-3-5-12(10)19-14(18)15-8-6-11(7-9-15)13(16)17/h10-12H,2-9H2,1H3,(H,16,17)/t10-,12+/m0/s1. The fourth-order valence-electron chi connectivity index (χ4n) is 2.97. The molecule has 19 heavy (non-hydrogen) atoms. The molecule has 1 N–H and O–H groups in total. The van der Waals surface area contributed by atoms with Crippen LogP contribution in [-0.2, 0) is 9.53 Å². The first-order valence-electron chi connectivity index (χ1n) is 7.26. The van der Waals surface area contributed by atoms with Crippen LogP contribution in [0.3, 0.4) is 0 Å². The van der Waals surface area contributed by atoms with Gasteiger partial charge < -0.3 is 14.7 Å². The second kappa shape index (κ2) is 6.26. The molecular formula is C14H23NO4. The van der Waals surface area contributed by atoms with Crippen molar-refractivity contribution in [2.75, 3.05) is 13.1 Å². The number of carbonyl (C=O) groups excluding carboxylic acids is 1. The highest BCUT2D eigenvalue weighted by atomic mass is 16.6. The van der Waals surface area contributed by atoms with Crippen molar-refractivity contribution in [3.8, 4) is 0 Å². The summed E-state index contributed by atoms with van der Waals surface area (Å²) in [5.74, 6) is -0.624. The van der Waals surface area contributed by atoms with E-state index >= 15 is 0 Å². The van der Waals surface area contributed by atoms with Gasteiger partial charge in [-0.1, -0.05) is 13.3 Å². The van der Waals surface area contributed by atoms with Crippen molar-refractivity contribution < 1.29 is 19.4 Å². The van der Waals surface area contributed by atoms with E-state index in [1.165, 1.54) is 6.42 Å². The van der Waals surface area contributed by atoms with Crippen LogP contribution in [0.2, 0.25) is 0 Å². The summed E-state index contributed by atoms with van der Waals surface area (Å²) in [5, 5.41) is 8.92. The van der Waals surface area contributed by atoms with E-state index < -0.39 is 5.97 Å². The maximum absolute atomic E-state index is 12.0. The molecule has 1 saturated heterocycles. The lowest BCUT2D eigenvalue weighted by Gasteiger charge is -2.33. The molecular weight excluding hydrogens is 246 g/mol. The first-order valence-corrected chi connectivity index (χ1v) is 7.26. The second-order valence-corrected chi connectivity index (χ2v) is 5.78. The molecule has 108 valence electrons. The number of ether oxygens (including phenoxy) is 1. The molecule has 0 bridgehead atoms. The molecule has 5 heteroatoms. The smallest absolute Gasteiger partial charge is 0.410 e. The number of carboxylic acids is 1. The normalized spacial score (nSPS) is 29.0. The molecule has 0 radical (unpaired) electrons. The molecule has 2 aliphatic rings. The van der Waals surface area contributed by atoms with Crippen LogP contribution in [0.15, 0.2) is 0 Å². The van der Waals surface area contributed by atoms with Gasteiger partial charge in [-0.2, -0.15) is 0 Å². The predicted octanol–water partition coefficient (Wildman–Crippen LogP) is 2.50. The van der Waals surface area contributed by atoms with Gasteiger partial charge in [-0.15, -0.1) is 0 Å². The molecule has 1 heterocycles. The van der Waals surface area contributed by atoms with Crippen LogP contribution < -0.4 is 0 Å². The van der Waals surface area contributed by atoms with E-state index in [4.69, 9.17) is 9.84 Å². The summed E-state index contributed by atoms with van der Waals surface area (Å²) in [7, 11) is 0. The Morgan fingerprint density at radius 3 is 2.32 bits per heavy atom. The minimum atomic E-state index is -0.756. The third kappa shape index (κ3) is 3.61. The number of piperidine rings is 1. The summed E-state index contributed by atoms with van der Waals surface area (Å²) >= 11 is 0. The minimum absolute atomic E-state index is 0.0402. The van der Waals surface area contributed by atoms with E-state index in [2.05, 4.69) is 6.92 Å². The van der Waals surface area contributed by atoms with Gasteiger partial charge in [-0.25, -0.2) is 4.79 Å². The number of likely N-dealkylation sites (tertiary alicyclic amines) is 1. The number of nitrogens with zero attached hydrogens (tertiary/aromatic N) is 1. The summed E-state index contributed by atoms with van der Waals surface area (Å²) < 4.78 is 5.58. The number of carbonyl (C=O) groups is 2. The van der Waals surface area contributed by atoms with Crippen molar-refractivity contribution in [1.82, 2.24) is 4.90 Å². The molecule has 2 fully saturated rings. The summed E-state index contributed by atoms with van der Waals surface area (Å²) in [5.41, 5.74) is 0. The van der Waals surface area contributed by atoms with Crippen molar-refractivity contribution in [2.45, 2.75) is 51.6 Å². The van der Waals surface area contributed by atoms with Crippen LogP contribution in [0.5, 0.6) is 0 Å². The van der Waals surface area contributed by atoms with E-state index in [9.17, 15) is 9.59 Å². The van der Waals surface area contributed by atoms with Crippen LogP contribution in [0, 0.1) is 11.8 Å². The Bertz CT molecular complexity index is 336. The highest BCUT2D eigenvalue weighted by molar-refractivity contribution is 5.71. The zero-order chi connectivity index (χ0) is 13.8. The lowest BCUT2D eigenvalue weighted by Crippen LogP contribution is -2.42. The maximum atomic E-state index is 12.0. The van der Waals surface area contributed by atoms with Gasteiger partial charge in [-0.3, -0.25) is 4.79 Å². The number of hydrogen-bond acceptors (Lipinski definition) is 3. The molecule has 1 saturated carbocycles. The fourth-order valence-corrected chi connectivity index (χ4v) is 2.97. The minimum Gasteiger partial charge on any atom is -0.481 e. The lowest BCUT2D eigenvalue weighted by molar-refractivity contribution is -0.143. The van der Waals surface area contributed by atoms with E-state index in [1.807, 2.05) is 0 Å². The average molecular weight is 269 g/mol. The first kappa shape index (κ1) is 14.2. The number of hydrogen-bond donors (Lipinski definition) is 1. The Kier molecular flexibility index (Phi) is 4.66. The molecule has 2 atom stereocenters. The fraction of sp³-hybridized carbons (Fsp3) is 0.857. The molecule has 0 spiro atoms. The lowest BCUT2D eigenvalue weighted by atomic mass is 9.88. The number of amides is 1. The zero-order valence-electron chi connectivity index (χ0n) is 11.5. The molecule has 1 aliphatic carbocycles. The summed E-state index contributed by atoms with van der Waals surface area (Å²) in [6.45, 7) is 3.13. The van der Waals surface area contributed by atoms with Gasteiger partial charge in [0.05, 0.1) is 5.92 Å². The largest absolute Gasteiger partial charge is 0.481 e. The highest BCUT2D eigenvalue weighted by Gasteiger charge is 2.31. The van der Waals surface area contributed by atoms with E-state index in [0.717, 1.165) is 19.3 Å². The molecule has 0 aromatic heterocycles. The molecule has 0 aromatic rings. The molecule has 0 unspecified atom stereocenters. The Balaban J connectivity index is 1.79. The van der Waals surface area contributed by atoms with Crippen molar-refractivity contribution in [1.29, 1.82) is 0 Å². The predicted molar refractivity (Wildman–Crippen MR) is 69.8 cm³/mol. The summed E-state index contributed by atoms with van der Waals surface area (Å²) in [6, 6.07) is 0. The number of carboxylic acid groups (broad SMARTS) is 1. The van der Waals surface area contributed by atoms with Crippen LogP contribution in [-0.4, -0.2) is 41.3 Å². The molecule has 0 aromatic carbocycles. The average Bonchev–Trinajstić information content (AvgIpc) is 2.41. The molecule has 1 amide bonds. The van der Waals surface area contributed by atoms with Gasteiger partial charge in [0.15, 0.2) is 0 Å². The Hall–Kier alpha value is -1.26. The topological polar surface area (TPSA) is 66.8 Å². The molecule has 1 aliphatic heterocycles. The maximum Gasteiger partial charge on any atom is 0.410 e. The molecule has 2 rings (SSSR count). The molecule has 5 nitrogen and oxygen atoms in total. The quantitative estimate of drug-likeness (QED) is 0.836. The van der Waals surface area contributed by atoms with Crippen LogP contribution in [0.25, 0.3) is 0 Å². The van der Waals surface area contributed by atoms with E-state index in [-0.39, 0.29) is 18.1 Å². The Labute approximate surface area is 113 Å². The summed E-state index contributed by atoms with van der Waals surface area (Å²) in [4.78, 5) is 24.6. The Morgan fingerprint density at radius 1 is 1.11 bits per heavy atom. The van der Waals surface area contributed by atoms with Crippen LogP contribution in [0.1, 0.15) is 45.4 Å². The van der Waals surface area contributed by atoms with Gasteiger partial charge in [0.25, 0.3) is 0 Å². The van der Waals surface area contributed by atoms with Crippen molar-refractivity contribution in [2.24, 2.45) is 11.8 Å². The van der Waals surface area contributed by atoms with Gasteiger partial charge in [0, 0.05) is 13.1 Å². The van der Waals surface area contributed by atoms with E-state index in [1.54, 1.807) is 4.90 Å². The van der Waals surface area contributed by atoms with Gasteiger partial charge >= 0.3 is 12.1 Å². The van der Waals surface area contributed by atoms with Crippen molar-refractivity contribution in [3.63, 3.8) is 0 Å². The van der Waals surface area contributed by atoms with Crippen molar-refractivity contribution in [3.05, 3.63) is 0 Å². The highest BCUT2D eigenvalue weighted by Crippen LogP contribution is 2.27. The SMILES string of the molecule is C[C@H]1CCCC[C@H]1OC(=O)N1CCC(C(=O)O)CC1. The van der Waals surface area contributed by atoms with Gasteiger partial charge in [-0.05, 0) is 38.0 Å². The van der Waals surface area contributed by atoms with Crippen molar-refractivity contribution >= 4 is 12.1 Å². The first-order chi connectivity index (χ1) is 9.08. The van der Waals surface area contributed by atoms with Crippen LogP contribution >= 0.6 is 0 Å². The number of rotatable bonds is 2. The summed E-state index contributed by atoms with van der Waals surface area (Å²) in [6.07, 6.45) is 5.27. The van der Waals surface area contributed by atoms with Gasteiger partial charge in [0.2, 0.25) is 0 Å². The second-order valence-electron chi connectivity index (χ2n) is 5.78. The third-order valence-corrected chi connectivity index (χ3v) is 4.39. The van der Waals surface area contributed by atoms with Gasteiger partial charge in [0.1, 0.15) is 6.10 Å². The number of aliphatic carboxylic acids is 1. The van der Waals surface area contributed by atoms with Crippen LogP contribution in [0.4, 0.5) is 4.79 Å². The third-order valence-electron chi connectivity index (χ3n) is 4.39. The van der Waals surface area contributed by atoms with E-state index in [0.29, 0.717) is 31.8 Å². The monoisotopic (exact) mass is 269 g/mol. The zero-order valence-corrected chi connectivity index (χ0v) is 11.5.